The predicted molar refractivity (Wildman–Crippen MR) is 119 cm³/mol. The number of nitrogens with one attached hydrogen (secondary N) is 2. The van der Waals surface area contributed by atoms with Crippen molar-refractivity contribution in [2.75, 3.05) is 11.1 Å². The molecule has 0 aliphatic carbocycles. The van der Waals surface area contributed by atoms with Gasteiger partial charge in [0.1, 0.15) is 12.4 Å². The van der Waals surface area contributed by atoms with Crippen LogP contribution >= 0.6 is 23.1 Å². The Hall–Kier alpha value is -3.17. The van der Waals surface area contributed by atoms with Crippen LogP contribution in [-0.2, 0) is 11.4 Å². The van der Waals surface area contributed by atoms with Crippen molar-refractivity contribution in [3.05, 3.63) is 71.4 Å². The van der Waals surface area contributed by atoms with Crippen molar-refractivity contribution in [3.8, 4) is 17.0 Å². The van der Waals surface area contributed by atoms with Crippen LogP contribution in [0.2, 0.25) is 0 Å². The molecular weight excluding hydrogens is 418 g/mol. The summed E-state index contributed by atoms with van der Waals surface area (Å²) >= 11 is 2.65. The number of carbonyl (C=O) groups is 1. The Morgan fingerprint density at radius 2 is 1.93 bits per heavy atom. The number of carbonyl (C=O) groups excluding carboxylic acids is 1. The normalized spacial score (nSPS) is 10.7. The molecule has 7 nitrogen and oxygen atoms in total. The summed E-state index contributed by atoms with van der Waals surface area (Å²) in [4.78, 5) is 21.0. The summed E-state index contributed by atoms with van der Waals surface area (Å²) in [6.45, 7) is 2.31. The highest BCUT2D eigenvalue weighted by Crippen LogP contribution is 2.25. The molecule has 2 aromatic carbocycles. The van der Waals surface area contributed by atoms with E-state index in [4.69, 9.17) is 4.74 Å². The van der Waals surface area contributed by atoms with Crippen molar-refractivity contribution in [1.29, 1.82) is 0 Å². The first-order chi connectivity index (χ1) is 14.7. The molecule has 2 N–H and O–H groups in total. The van der Waals surface area contributed by atoms with Crippen LogP contribution in [0, 0.1) is 6.92 Å². The van der Waals surface area contributed by atoms with Gasteiger partial charge in [-0.1, -0.05) is 59.8 Å². The Morgan fingerprint density at radius 1 is 1.13 bits per heavy atom. The number of thioether (sulfide) groups is 1. The number of amides is 1. The third-order valence-electron chi connectivity index (χ3n) is 4.06. The van der Waals surface area contributed by atoms with E-state index in [0.717, 1.165) is 17.0 Å². The van der Waals surface area contributed by atoms with Gasteiger partial charge in [0.25, 0.3) is 0 Å². The summed E-state index contributed by atoms with van der Waals surface area (Å²) in [6, 6.07) is 17.6. The zero-order valence-corrected chi connectivity index (χ0v) is 17.8. The molecule has 0 unspecified atom stereocenters. The van der Waals surface area contributed by atoms with Gasteiger partial charge in [0.05, 0.1) is 11.4 Å². The molecule has 0 radical (unpaired) electrons. The topological polar surface area (TPSA) is 92.8 Å². The van der Waals surface area contributed by atoms with Crippen LogP contribution in [0.3, 0.4) is 0 Å². The fourth-order valence-corrected chi connectivity index (χ4v) is 3.90. The molecule has 4 rings (SSSR count). The number of anilines is 1. The smallest absolute Gasteiger partial charge is 0.236 e. The summed E-state index contributed by atoms with van der Waals surface area (Å²) in [7, 11) is 0. The van der Waals surface area contributed by atoms with Crippen molar-refractivity contribution in [2.45, 2.75) is 18.7 Å². The Morgan fingerprint density at radius 3 is 2.73 bits per heavy atom. The number of aromatic nitrogens is 4. The van der Waals surface area contributed by atoms with Gasteiger partial charge in [-0.3, -0.25) is 9.89 Å². The lowest BCUT2D eigenvalue weighted by molar-refractivity contribution is -0.113. The molecular formula is C21H19N5O2S2. The first kappa shape index (κ1) is 20.1. The number of hydrogen-bond acceptors (Lipinski definition) is 7. The Kier molecular flexibility index (Phi) is 6.41. The lowest BCUT2D eigenvalue weighted by Crippen LogP contribution is -2.13. The van der Waals surface area contributed by atoms with Crippen molar-refractivity contribution < 1.29 is 9.53 Å². The van der Waals surface area contributed by atoms with E-state index < -0.39 is 0 Å². The van der Waals surface area contributed by atoms with Crippen molar-refractivity contribution in [3.63, 3.8) is 0 Å². The zero-order valence-electron chi connectivity index (χ0n) is 16.2. The fourth-order valence-electron chi connectivity index (χ4n) is 2.55. The molecule has 30 heavy (non-hydrogen) atoms. The average molecular weight is 438 g/mol. The Labute approximate surface area is 181 Å². The average Bonchev–Trinajstić information content (AvgIpc) is 3.42. The van der Waals surface area contributed by atoms with Gasteiger partial charge in [0.15, 0.2) is 11.0 Å². The van der Waals surface area contributed by atoms with Gasteiger partial charge in [0.2, 0.25) is 11.1 Å². The van der Waals surface area contributed by atoms with Crippen LogP contribution in [-0.4, -0.2) is 31.8 Å². The lowest BCUT2D eigenvalue weighted by Gasteiger charge is -2.03. The van der Waals surface area contributed by atoms with E-state index in [1.165, 1.54) is 28.7 Å². The zero-order chi connectivity index (χ0) is 20.8. The van der Waals surface area contributed by atoms with Crippen LogP contribution in [0.25, 0.3) is 11.3 Å². The number of H-pyrrole nitrogens is 1. The third-order valence-corrected chi connectivity index (χ3v) is 5.67. The summed E-state index contributed by atoms with van der Waals surface area (Å²) in [5.41, 5.74) is 3.04. The molecule has 0 atom stereocenters. The summed E-state index contributed by atoms with van der Waals surface area (Å²) in [5, 5.41) is 12.8. The van der Waals surface area contributed by atoms with E-state index in [2.05, 4.69) is 25.5 Å². The molecule has 152 valence electrons. The molecule has 0 bridgehead atoms. The highest BCUT2D eigenvalue weighted by molar-refractivity contribution is 7.99. The number of thiazole rings is 1. The van der Waals surface area contributed by atoms with Crippen LogP contribution in [0.4, 0.5) is 5.13 Å². The standard InChI is InChI=1S/C21H19N5O2S2/c1-14-7-9-16(10-8-14)28-11-18-23-21(26-25-18)30-13-19(27)24-20-22-17(12-29-20)15-5-3-2-4-6-15/h2-10,12H,11,13H2,1H3,(H,22,24,27)(H,23,25,26). The maximum atomic E-state index is 12.2. The van der Waals surface area contributed by atoms with E-state index in [1.54, 1.807) is 0 Å². The number of rotatable bonds is 8. The molecule has 2 aromatic heterocycles. The molecule has 0 aliphatic rings. The van der Waals surface area contributed by atoms with Crippen LogP contribution < -0.4 is 10.1 Å². The quantitative estimate of drug-likeness (QED) is 0.393. The molecule has 0 spiro atoms. The second-order valence-electron chi connectivity index (χ2n) is 6.41. The second-order valence-corrected chi connectivity index (χ2v) is 8.21. The van der Waals surface area contributed by atoms with Crippen LogP contribution in [0.15, 0.2) is 65.1 Å². The minimum atomic E-state index is -0.156. The Balaban J connectivity index is 1.24. The van der Waals surface area contributed by atoms with E-state index in [-0.39, 0.29) is 18.3 Å². The lowest BCUT2D eigenvalue weighted by atomic mass is 10.2. The first-order valence-corrected chi connectivity index (χ1v) is 11.1. The molecule has 0 fully saturated rings. The number of aryl methyl sites for hydroxylation is 1. The van der Waals surface area contributed by atoms with Gasteiger partial charge in [-0.15, -0.1) is 16.4 Å². The fraction of sp³-hybridized carbons (Fsp3) is 0.143. The van der Waals surface area contributed by atoms with Crippen molar-refractivity contribution in [2.24, 2.45) is 0 Å². The van der Waals surface area contributed by atoms with Crippen LogP contribution in [0.1, 0.15) is 11.4 Å². The Bertz CT molecular complexity index is 1110. The summed E-state index contributed by atoms with van der Waals surface area (Å²) in [6.07, 6.45) is 0. The first-order valence-electron chi connectivity index (χ1n) is 9.20. The molecule has 2 heterocycles. The molecule has 0 saturated carbocycles. The second kappa shape index (κ2) is 9.55. The SMILES string of the molecule is Cc1ccc(OCc2nc(SCC(=O)Nc3nc(-c4ccccc4)cs3)n[nH]2)cc1. The molecule has 0 saturated heterocycles. The van der Waals surface area contributed by atoms with Gasteiger partial charge in [0, 0.05) is 10.9 Å². The van der Waals surface area contributed by atoms with Crippen molar-refractivity contribution in [1.82, 2.24) is 20.2 Å². The molecule has 0 aliphatic heterocycles. The van der Waals surface area contributed by atoms with E-state index >= 15 is 0 Å². The highest BCUT2D eigenvalue weighted by atomic mass is 32.2. The van der Waals surface area contributed by atoms with E-state index in [1.807, 2.05) is 66.9 Å². The van der Waals surface area contributed by atoms with Gasteiger partial charge in [-0.25, -0.2) is 9.97 Å². The van der Waals surface area contributed by atoms with Crippen molar-refractivity contribution >= 4 is 34.1 Å². The van der Waals surface area contributed by atoms with Gasteiger partial charge in [-0.05, 0) is 19.1 Å². The summed E-state index contributed by atoms with van der Waals surface area (Å²) in [5.74, 6) is 1.40. The molecule has 1 amide bonds. The minimum absolute atomic E-state index is 0.156. The number of aromatic amines is 1. The monoisotopic (exact) mass is 437 g/mol. The predicted octanol–water partition coefficient (Wildman–Crippen LogP) is 4.55. The van der Waals surface area contributed by atoms with E-state index in [9.17, 15) is 4.79 Å². The highest BCUT2D eigenvalue weighted by Gasteiger charge is 2.11. The largest absolute Gasteiger partial charge is 0.486 e. The minimum Gasteiger partial charge on any atom is -0.486 e. The van der Waals surface area contributed by atoms with Gasteiger partial charge >= 0.3 is 0 Å². The third kappa shape index (κ3) is 5.46. The maximum Gasteiger partial charge on any atom is 0.236 e. The van der Waals surface area contributed by atoms with Gasteiger partial charge < -0.3 is 10.1 Å². The molecule has 4 aromatic rings. The van der Waals surface area contributed by atoms with Crippen LogP contribution in [0.5, 0.6) is 5.75 Å². The number of nitrogens with zero attached hydrogens (tertiary/aromatic N) is 3. The number of benzene rings is 2. The maximum absolute atomic E-state index is 12.2. The number of hydrogen-bond donors (Lipinski definition) is 2. The summed E-state index contributed by atoms with van der Waals surface area (Å²) < 4.78 is 5.67. The van der Waals surface area contributed by atoms with Gasteiger partial charge in [-0.2, -0.15) is 0 Å². The van der Waals surface area contributed by atoms with E-state index in [0.29, 0.717) is 16.1 Å². The molecule has 9 heteroatoms. The number of ether oxygens (including phenoxy) is 1.